The average molecular weight is 225 g/mol. The fourth-order valence-corrected chi connectivity index (χ4v) is 1.04. The Morgan fingerprint density at radius 1 is 1.36 bits per heavy atom. The van der Waals surface area contributed by atoms with Crippen molar-refractivity contribution in [3.05, 3.63) is 11.3 Å². The van der Waals surface area contributed by atoms with Gasteiger partial charge in [-0.25, -0.2) is 4.79 Å². The van der Waals surface area contributed by atoms with E-state index in [0.717, 1.165) is 12.1 Å². The Labute approximate surface area is 91.1 Å². The van der Waals surface area contributed by atoms with Crippen molar-refractivity contribution in [3.8, 4) is 0 Å². The van der Waals surface area contributed by atoms with Crippen LogP contribution in [0.1, 0.15) is 20.3 Å². The highest BCUT2D eigenvalue weighted by atomic mass is 35.5. The standard InChI is InChI=1S/C8H15NO2.CH3Cl.H3N/c1-5-7(9(3)4)6(2)8(10)11;1-2;/h5H2,1-4H3,(H,10,11);1H3;1H3/b7-6+;;. The molecule has 0 unspecified atom stereocenters. The molecule has 4 N–H and O–H groups in total. The molecule has 0 fully saturated rings. The molecule has 14 heavy (non-hydrogen) atoms. The second-order valence-corrected chi connectivity index (χ2v) is 2.62. The summed E-state index contributed by atoms with van der Waals surface area (Å²) in [6.07, 6.45) is 2.23. The lowest BCUT2D eigenvalue weighted by atomic mass is 10.2. The molecule has 0 saturated heterocycles. The van der Waals surface area contributed by atoms with Crippen molar-refractivity contribution < 1.29 is 9.90 Å². The zero-order valence-electron chi connectivity index (χ0n) is 9.59. The summed E-state index contributed by atoms with van der Waals surface area (Å²) < 4.78 is 0. The fourth-order valence-electron chi connectivity index (χ4n) is 1.04. The van der Waals surface area contributed by atoms with E-state index in [1.165, 1.54) is 6.38 Å². The van der Waals surface area contributed by atoms with Crippen LogP contribution < -0.4 is 6.15 Å². The van der Waals surface area contributed by atoms with Gasteiger partial charge in [-0.05, 0) is 13.3 Å². The minimum Gasteiger partial charge on any atom is -0.478 e. The Bertz CT molecular complexity index is 191. The predicted molar refractivity (Wildman–Crippen MR) is 61.1 cm³/mol. The number of alkyl halides is 1. The molecule has 4 nitrogen and oxygen atoms in total. The summed E-state index contributed by atoms with van der Waals surface area (Å²) in [7, 11) is 3.70. The predicted octanol–water partition coefficient (Wildman–Crippen LogP) is 2.33. The topological polar surface area (TPSA) is 75.5 Å². The van der Waals surface area contributed by atoms with Crippen molar-refractivity contribution >= 4 is 17.6 Å². The highest BCUT2D eigenvalue weighted by Gasteiger charge is 2.08. The first-order valence-electron chi connectivity index (χ1n) is 3.98. The summed E-state index contributed by atoms with van der Waals surface area (Å²) in [4.78, 5) is 12.4. The van der Waals surface area contributed by atoms with E-state index in [2.05, 4.69) is 11.6 Å². The van der Waals surface area contributed by atoms with Gasteiger partial charge in [-0.15, -0.1) is 11.6 Å². The lowest BCUT2D eigenvalue weighted by Gasteiger charge is -2.17. The molecule has 0 saturated carbocycles. The van der Waals surface area contributed by atoms with Crippen LogP contribution in [0.3, 0.4) is 0 Å². The third kappa shape index (κ3) is 6.74. The van der Waals surface area contributed by atoms with E-state index in [0.29, 0.717) is 5.57 Å². The molecule has 0 aliphatic carbocycles. The van der Waals surface area contributed by atoms with Crippen LogP contribution in [0.4, 0.5) is 0 Å². The molecule has 0 aliphatic rings. The van der Waals surface area contributed by atoms with Crippen molar-refractivity contribution in [2.24, 2.45) is 0 Å². The number of hydrogen-bond acceptors (Lipinski definition) is 3. The summed E-state index contributed by atoms with van der Waals surface area (Å²) >= 11 is 4.64. The van der Waals surface area contributed by atoms with Gasteiger partial charge in [0, 0.05) is 26.2 Å². The number of aliphatic carboxylic acids is 1. The highest BCUT2D eigenvalue weighted by Crippen LogP contribution is 2.10. The third-order valence-corrected chi connectivity index (χ3v) is 1.63. The van der Waals surface area contributed by atoms with E-state index in [9.17, 15) is 4.79 Å². The van der Waals surface area contributed by atoms with Crippen molar-refractivity contribution in [3.63, 3.8) is 0 Å². The van der Waals surface area contributed by atoms with E-state index >= 15 is 0 Å². The number of carboxylic acids is 1. The van der Waals surface area contributed by atoms with E-state index in [1.807, 2.05) is 25.9 Å². The molecule has 0 spiro atoms. The summed E-state index contributed by atoms with van der Waals surface area (Å²) in [5.74, 6) is -0.837. The second kappa shape index (κ2) is 10.3. The van der Waals surface area contributed by atoms with Gasteiger partial charge in [-0.2, -0.15) is 0 Å². The normalized spacial score (nSPS) is 10.1. The number of halogens is 1. The number of rotatable bonds is 3. The third-order valence-electron chi connectivity index (χ3n) is 1.63. The minimum atomic E-state index is -0.837. The first-order valence-corrected chi connectivity index (χ1v) is 4.74. The molecule has 0 aliphatic heterocycles. The van der Waals surface area contributed by atoms with Crippen LogP contribution in [0.25, 0.3) is 0 Å². The molecular formula is C9H21ClN2O2. The molecular weight excluding hydrogens is 204 g/mol. The maximum absolute atomic E-state index is 10.5. The van der Waals surface area contributed by atoms with Crippen LogP contribution in [0.5, 0.6) is 0 Å². The molecule has 86 valence electrons. The molecule has 0 aromatic carbocycles. The molecule has 0 rings (SSSR count). The van der Waals surface area contributed by atoms with Crippen LogP contribution in [0.2, 0.25) is 0 Å². The second-order valence-electron chi connectivity index (χ2n) is 2.62. The molecule has 0 bridgehead atoms. The monoisotopic (exact) mass is 224 g/mol. The van der Waals surface area contributed by atoms with Gasteiger partial charge in [0.1, 0.15) is 0 Å². The quantitative estimate of drug-likeness (QED) is 0.570. The summed E-state index contributed by atoms with van der Waals surface area (Å²) in [6.45, 7) is 3.57. The lowest BCUT2D eigenvalue weighted by molar-refractivity contribution is -0.132. The Hall–Kier alpha value is -0.740. The van der Waals surface area contributed by atoms with E-state index in [1.54, 1.807) is 6.92 Å². The molecule has 0 amide bonds. The van der Waals surface area contributed by atoms with Crippen molar-refractivity contribution in [1.29, 1.82) is 0 Å². The van der Waals surface area contributed by atoms with Crippen molar-refractivity contribution in [1.82, 2.24) is 11.1 Å². The van der Waals surface area contributed by atoms with Gasteiger partial charge in [-0.3, -0.25) is 0 Å². The van der Waals surface area contributed by atoms with Crippen LogP contribution >= 0.6 is 11.6 Å². The van der Waals surface area contributed by atoms with E-state index < -0.39 is 5.97 Å². The molecule has 0 atom stereocenters. The van der Waals surface area contributed by atoms with Gasteiger partial charge >= 0.3 is 5.97 Å². The largest absolute Gasteiger partial charge is 0.478 e. The number of carboxylic acid groups (broad SMARTS) is 1. The highest BCUT2D eigenvalue weighted by molar-refractivity contribution is 6.15. The maximum Gasteiger partial charge on any atom is 0.333 e. The van der Waals surface area contributed by atoms with Crippen LogP contribution in [-0.2, 0) is 4.79 Å². The van der Waals surface area contributed by atoms with Gasteiger partial charge in [0.2, 0.25) is 0 Å². The number of carbonyl (C=O) groups is 1. The van der Waals surface area contributed by atoms with E-state index in [4.69, 9.17) is 5.11 Å². The molecule has 0 aromatic heterocycles. The molecule has 0 radical (unpaired) electrons. The first kappa shape index (κ1) is 18.9. The van der Waals surface area contributed by atoms with Gasteiger partial charge in [0.25, 0.3) is 0 Å². The fraction of sp³-hybridized carbons (Fsp3) is 0.667. The Morgan fingerprint density at radius 2 is 1.71 bits per heavy atom. The summed E-state index contributed by atoms with van der Waals surface area (Å²) in [5.41, 5.74) is 1.30. The number of allylic oxidation sites excluding steroid dienone is 1. The smallest absolute Gasteiger partial charge is 0.333 e. The molecule has 5 heteroatoms. The van der Waals surface area contributed by atoms with Gasteiger partial charge in [-0.1, -0.05) is 6.92 Å². The Morgan fingerprint density at radius 3 is 1.79 bits per heavy atom. The number of nitrogens with zero attached hydrogens (tertiary/aromatic N) is 1. The minimum absolute atomic E-state index is 0. The summed E-state index contributed by atoms with van der Waals surface area (Å²) in [6, 6.07) is 0. The zero-order chi connectivity index (χ0) is 11.0. The SMILES string of the molecule is CC/C(=C(/C)C(=O)O)N(C)C.CCl.N. The number of hydrogen-bond donors (Lipinski definition) is 2. The van der Waals surface area contributed by atoms with Gasteiger partial charge in [0.15, 0.2) is 0 Å². The average Bonchev–Trinajstić information content (AvgIpc) is 2.08. The van der Waals surface area contributed by atoms with Crippen LogP contribution in [0.15, 0.2) is 11.3 Å². The van der Waals surface area contributed by atoms with Crippen LogP contribution in [-0.4, -0.2) is 36.5 Å². The Kier molecular flexibility index (Phi) is 14.0. The first-order chi connectivity index (χ1) is 6.00. The van der Waals surface area contributed by atoms with Crippen molar-refractivity contribution in [2.75, 3.05) is 20.5 Å². The lowest BCUT2D eigenvalue weighted by Crippen LogP contribution is -2.15. The molecule has 0 heterocycles. The van der Waals surface area contributed by atoms with Crippen LogP contribution in [0, 0.1) is 0 Å². The Balaban J connectivity index is -0.000000376. The summed E-state index contributed by atoms with van der Waals surface area (Å²) in [5, 5.41) is 8.65. The van der Waals surface area contributed by atoms with Gasteiger partial charge in [0.05, 0.1) is 5.57 Å². The zero-order valence-corrected chi connectivity index (χ0v) is 10.4. The van der Waals surface area contributed by atoms with Gasteiger partial charge < -0.3 is 16.2 Å². The van der Waals surface area contributed by atoms with E-state index in [-0.39, 0.29) is 6.15 Å². The maximum atomic E-state index is 10.5. The molecule has 0 aromatic rings. The van der Waals surface area contributed by atoms with Crippen molar-refractivity contribution in [2.45, 2.75) is 20.3 Å².